The topological polar surface area (TPSA) is 52.8 Å². The number of halogens is 2. The van der Waals surface area contributed by atoms with Gasteiger partial charge in [-0.3, -0.25) is 4.79 Å². The minimum absolute atomic E-state index is 0. The van der Waals surface area contributed by atoms with Gasteiger partial charge in [-0.1, -0.05) is 37.3 Å². The van der Waals surface area contributed by atoms with Crippen LogP contribution in [0.5, 0.6) is 0 Å². The molecule has 0 unspecified atom stereocenters. The second kappa shape index (κ2) is 14.2. The summed E-state index contributed by atoms with van der Waals surface area (Å²) in [7, 11) is 0. The SMILES string of the molecule is CCN1CCN(CCC(=O)N(CCN)CCc2ccccc2)CC1.Cl.Cl. The molecule has 5 nitrogen and oxygen atoms in total. The molecule has 2 N–H and O–H groups in total. The molecule has 1 aliphatic heterocycles. The number of carbonyl (C=O) groups excluding carboxylic acids is 1. The van der Waals surface area contributed by atoms with E-state index in [-0.39, 0.29) is 30.7 Å². The Morgan fingerprint density at radius 2 is 1.65 bits per heavy atom. The molecule has 0 radical (unpaired) electrons. The predicted molar refractivity (Wildman–Crippen MR) is 113 cm³/mol. The lowest BCUT2D eigenvalue weighted by Gasteiger charge is -2.34. The van der Waals surface area contributed by atoms with E-state index in [0.29, 0.717) is 19.5 Å². The number of piperazine rings is 1. The van der Waals surface area contributed by atoms with Crippen LogP contribution in [0.2, 0.25) is 0 Å². The van der Waals surface area contributed by atoms with Gasteiger partial charge in [-0.05, 0) is 18.5 Å². The highest BCUT2D eigenvalue weighted by atomic mass is 35.5. The summed E-state index contributed by atoms with van der Waals surface area (Å²) in [6.45, 7) is 10.5. The van der Waals surface area contributed by atoms with Crippen LogP contribution in [0.4, 0.5) is 0 Å². The number of likely N-dealkylation sites (N-methyl/N-ethyl adjacent to an activating group) is 1. The Morgan fingerprint density at radius 1 is 1.04 bits per heavy atom. The van der Waals surface area contributed by atoms with Gasteiger partial charge >= 0.3 is 0 Å². The standard InChI is InChI=1S/C19H32N4O.2ClH/c1-2-21-14-16-22(17-15-21)11-9-19(24)23(13-10-20)12-8-18-6-4-3-5-7-18;;/h3-7H,2,8-17,20H2,1H3;2*1H. The molecule has 150 valence electrons. The minimum Gasteiger partial charge on any atom is -0.341 e. The van der Waals surface area contributed by atoms with E-state index in [1.807, 2.05) is 23.1 Å². The summed E-state index contributed by atoms with van der Waals surface area (Å²) in [4.78, 5) is 19.3. The van der Waals surface area contributed by atoms with Crippen molar-refractivity contribution in [2.45, 2.75) is 19.8 Å². The molecule has 0 saturated carbocycles. The summed E-state index contributed by atoms with van der Waals surface area (Å²) in [6.07, 6.45) is 1.49. The first-order chi connectivity index (χ1) is 11.7. The Morgan fingerprint density at radius 3 is 2.23 bits per heavy atom. The average Bonchev–Trinajstić information content (AvgIpc) is 2.64. The molecule has 0 spiro atoms. The molecule has 0 bridgehead atoms. The zero-order chi connectivity index (χ0) is 17.2. The summed E-state index contributed by atoms with van der Waals surface area (Å²) in [5, 5.41) is 0. The number of nitrogens with zero attached hydrogens (tertiary/aromatic N) is 3. The van der Waals surface area contributed by atoms with E-state index in [4.69, 9.17) is 5.73 Å². The van der Waals surface area contributed by atoms with Crippen LogP contribution in [0.3, 0.4) is 0 Å². The highest BCUT2D eigenvalue weighted by molar-refractivity contribution is 5.85. The van der Waals surface area contributed by atoms with E-state index in [2.05, 4.69) is 28.9 Å². The normalized spacial score (nSPS) is 15.0. The van der Waals surface area contributed by atoms with Crippen LogP contribution in [0.25, 0.3) is 0 Å². The maximum Gasteiger partial charge on any atom is 0.223 e. The molecule has 1 aliphatic rings. The third-order valence-corrected chi connectivity index (χ3v) is 4.82. The fourth-order valence-corrected chi connectivity index (χ4v) is 3.17. The van der Waals surface area contributed by atoms with E-state index in [1.165, 1.54) is 5.56 Å². The smallest absolute Gasteiger partial charge is 0.223 e. The number of carbonyl (C=O) groups is 1. The van der Waals surface area contributed by atoms with Crippen LogP contribution >= 0.6 is 24.8 Å². The molecule has 1 aromatic rings. The highest BCUT2D eigenvalue weighted by Crippen LogP contribution is 2.06. The highest BCUT2D eigenvalue weighted by Gasteiger charge is 2.18. The van der Waals surface area contributed by atoms with Gasteiger partial charge in [0.05, 0.1) is 0 Å². The quantitative estimate of drug-likeness (QED) is 0.682. The lowest BCUT2D eigenvalue weighted by Crippen LogP contribution is -2.47. The van der Waals surface area contributed by atoms with Crippen molar-refractivity contribution < 1.29 is 4.79 Å². The third-order valence-electron chi connectivity index (χ3n) is 4.82. The van der Waals surface area contributed by atoms with Gasteiger partial charge in [0, 0.05) is 58.8 Å². The summed E-state index contributed by atoms with van der Waals surface area (Å²) >= 11 is 0. The van der Waals surface area contributed by atoms with Crippen molar-refractivity contribution in [2.75, 3.05) is 58.9 Å². The molecular formula is C19H34Cl2N4O. The molecule has 1 saturated heterocycles. The Hall–Kier alpha value is -0.850. The fourth-order valence-electron chi connectivity index (χ4n) is 3.17. The van der Waals surface area contributed by atoms with Crippen molar-refractivity contribution in [2.24, 2.45) is 5.73 Å². The van der Waals surface area contributed by atoms with Crippen LogP contribution in [0.1, 0.15) is 18.9 Å². The lowest BCUT2D eigenvalue weighted by molar-refractivity contribution is -0.131. The van der Waals surface area contributed by atoms with Crippen LogP contribution in [-0.4, -0.2) is 79.5 Å². The van der Waals surface area contributed by atoms with E-state index in [1.54, 1.807) is 0 Å². The molecule has 0 aliphatic carbocycles. The molecule has 2 rings (SSSR count). The zero-order valence-electron chi connectivity index (χ0n) is 15.8. The van der Waals surface area contributed by atoms with Crippen molar-refractivity contribution in [1.82, 2.24) is 14.7 Å². The van der Waals surface area contributed by atoms with Gasteiger partial charge in [-0.25, -0.2) is 0 Å². The molecule has 0 atom stereocenters. The van der Waals surface area contributed by atoms with E-state index >= 15 is 0 Å². The number of hydrogen-bond acceptors (Lipinski definition) is 4. The molecule has 7 heteroatoms. The van der Waals surface area contributed by atoms with E-state index < -0.39 is 0 Å². The molecule has 1 amide bonds. The van der Waals surface area contributed by atoms with Gasteiger partial charge in [0.15, 0.2) is 0 Å². The van der Waals surface area contributed by atoms with Crippen molar-refractivity contribution >= 4 is 30.7 Å². The first-order valence-corrected chi connectivity index (χ1v) is 9.19. The number of amides is 1. The van der Waals surface area contributed by atoms with Gasteiger partial charge < -0.3 is 20.4 Å². The largest absolute Gasteiger partial charge is 0.341 e. The fraction of sp³-hybridized carbons (Fsp3) is 0.632. The first-order valence-electron chi connectivity index (χ1n) is 9.19. The monoisotopic (exact) mass is 404 g/mol. The zero-order valence-corrected chi connectivity index (χ0v) is 17.4. The second-order valence-electron chi connectivity index (χ2n) is 6.43. The van der Waals surface area contributed by atoms with Gasteiger partial charge in [0.2, 0.25) is 5.91 Å². The second-order valence-corrected chi connectivity index (χ2v) is 6.43. The van der Waals surface area contributed by atoms with E-state index in [9.17, 15) is 4.79 Å². The first kappa shape index (κ1) is 25.1. The van der Waals surface area contributed by atoms with Gasteiger partial charge in [0.25, 0.3) is 0 Å². The number of nitrogens with two attached hydrogens (primary N) is 1. The maximum absolute atomic E-state index is 12.6. The van der Waals surface area contributed by atoms with Gasteiger partial charge in [-0.2, -0.15) is 0 Å². The summed E-state index contributed by atoms with van der Waals surface area (Å²) in [5.41, 5.74) is 6.96. The molecule has 1 aromatic carbocycles. The summed E-state index contributed by atoms with van der Waals surface area (Å²) in [5.74, 6) is 0.231. The van der Waals surface area contributed by atoms with Crippen LogP contribution < -0.4 is 5.73 Å². The number of benzene rings is 1. The molecular weight excluding hydrogens is 371 g/mol. The van der Waals surface area contributed by atoms with Crippen LogP contribution in [0, 0.1) is 0 Å². The van der Waals surface area contributed by atoms with Crippen molar-refractivity contribution in [3.05, 3.63) is 35.9 Å². The number of rotatable bonds is 9. The van der Waals surface area contributed by atoms with Gasteiger partial charge in [0.1, 0.15) is 0 Å². The summed E-state index contributed by atoms with van der Waals surface area (Å²) in [6, 6.07) is 10.3. The third kappa shape index (κ3) is 8.69. The number of hydrogen-bond donors (Lipinski definition) is 1. The Labute approximate surface area is 170 Å². The van der Waals surface area contributed by atoms with Crippen LogP contribution in [-0.2, 0) is 11.2 Å². The molecule has 1 heterocycles. The van der Waals surface area contributed by atoms with E-state index in [0.717, 1.165) is 52.2 Å². The molecule has 0 aromatic heterocycles. The minimum atomic E-state index is 0. The van der Waals surface area contributed by atoms with Crippen molar-refractivity contribution in [3.63, 3.8) is 0 Å². The lowest BCUT2D eigenvalue weighted by atomic mass is 10.1. The molecule has 26 heavy (non-hydrogen) atoms. The Kier molecular flexibility index (Phi) is 13.8. The van der Waals surface area contributed by atoms with Crippen LogP contribution in [0.15, 0.2) is 30.3 Å². The Bertz CT molecular complexity index is 482. The Balaban J connectivity index is 0.00000312. The predicted octanol–water partition coefficient (Wildman–Crippen LogP) is 1.89. The van der Waals surface area contributed by atoms with Gasteiger partial charge in [-0.15, -0.1) is 24.8 Å². The average molecular weight is 405 g/mol. The van der Waals surface area contributed by atoms with Crippen molar-refractivity contribution in [3.8, 4) is 0 Å². The van der Waals surface area contributed by atoms with Crippen molar-refractivity contribution in [1.29, 1.82) is 0 Å². The summed E-state index contributed by atoms with van der Waals surface area (Å²) < 4.78 is 0. The maximum atomic E-state index is 12.6. The molecule has 1 fully saturated rings.